The topological polar surface area (TPSA) is 117 Å². The number of rotatable bonds is 3. The highest BCUT2D eigenvalue weighted by Crippen LogP contribution is 2.34. The fraction of sp³-hybridized carbons (Fsp3) is 0.125. The number of hydrogen-bond donors (Lipinski definition) is 1. The van der Waals surface area contributed by atoms with Crippen molar-refractivity contribution in [1.29, 1.82) is 0 Å². The van der Waals surface area contributed by atoms with Gasteiger partial charge < -0.3 is 16.0 Å². The van der Waals surface area contributed by atoms with Gasteiger partial charge in [0.15, 0.2) is 0 Å². The van der Waals surface area contributed by atoms with Gasteiger partial charge in [0.25, 0.3) is 4.96 Å². The molecule has 11 heteroatoms. The van der Waals surface area contributed by atoms with E-state index in [0.29, 0.717) is 15.9 Å². The maximum absolute atomic E-state index is 11.1. The third-order valence-corrected chi connectivity index (χ3v) is 4.09. The summed E-state index contributed by atoms with van der Waals surface area (Å²) in [6.07, 6.45) is 1.60. The minimum absolute atomic E-state index is 0.0955. The van der Waals surface area contributed by atoms with E-state index in [9.17, 15) is 10.1 Å². The molecule has 0 bridgehead atoms. The first kappa shape index (κ1) is 11.9. The van der Waals surface area contributed by atoms with Crippen LogP contribution in [-0.2, 0) is 0 Å². The molecule has 2 N–H and O–H groups in total. The lowest BCUT2D eigenvalue weighted by atomic mass is 10.7. The highest BCUT2D eigenvalue weighted by molar-refractivity contribution is 7.99. The summed E-state index contributed by atoms with van der Waals surface area (Å²) >= 11 is 2.34. The van der Waals surface area contributed by atoms with Crippen LogP contribution in [0.3, 0.4) is 0 Å². The zero-order valence-corrected chi connectivity index (χ0v) is 11.2. The highest BCUT2D eigenvalue weighted by Gasteiger charge is 2.26. The largest absolute Gasteiger partial charge is 0.363 e. The molecule has 19 heavy (non-hydrogen) atoms. The van der Waals surface area contributed by atoms with Gasteiger partial charge in [-0.05, 0) is 23.6 Å². The SMILES string of the molecule is Cc1nnc(Sc2nc3sccn3c2[N+](=O)[O-])n1N. The van der Waals surface area contributed by atoms with Gasteiger partial charge in [-0.25, -0.2) is 4.68 Å². The first-order valence-corrected chi connectivity index (χ1v) is 6.72. The zero-order chi connectivity index (χ0) is 13.6. The number of hydrogen-bond acceptors (Lipinski definition) is 8. The number of nitrogens with two attached hydrogens (primary N) is 1. The van der Waals surface area contributed by atoms with Crippen molar-refractivity contribution in [2.45, 2.75) is 17.1 Å². The van der Waals surface area contributed by atoms with E-state index in [1.807, 2.05) is 0 Å². The second-order valence-corrected chi connectivity index (χ2v) is 5.38. The summed E-state index contributed by atoms with van der Waals surface area (Å²) in [5, 5.41) is 21.1. The van der Waals surface area contributed by atoms with Gasteiger partial charge in [-0.3, -0.25) is 0 Å². The fourth-order valence-electron chi connectivity index (χ4n) is 1.49. The highest BCUT2D eigenvalue weighted by atomic mass is 32.2. The molecule has 0 aromatic carbocycles. The Morgan fingerprint density at radius 3 is 2.95 bits per heavy atom. The molecule has 0 saturated carbocycles. The van der Waals surface area contributed by atoms with E-state index in [2.05, 4.69) is 15.2 Å². The Balaban J connectivity index is 2.10. The quantitative estimate of drug-likeness (QED) is 0.436. The molecule has 0 amide bonds. The van der Waals surface area contributed by atoms with E-state index in [-0.39, 0.29) is 10.8 Å². The van der Waals surface area contributed by atoms with Crippen LogP contribution in [0.25, 0.3) is 4.96 Å². The molecule has 3 heterocycles. The molecule has 0 aliphatic rings. The first-order valence-electron chi connectivity index (χ1n) is 5.03. The van der Waals surface area contributed by atoms with Crippen LogP contribution in [0.1, 0.15) is 5.82 Å². The van der Waals surface area contributed by atoms with Gasteiger partial charge in [0, 0.05) is 5.38 Å². The number of imidazole rings is 1. The second-order valence-electron chi connectivity index (χ2n) is 3.56. The van der Waals surface area contributed by atoms with Crippen molar-refractivity contribution in [3.8, 4) is 0 Å². The lowest BCUT2D eigenvalue weighted by Gasteiger charge is -1.99. The molecule has 0 aliphatic carbocycles. The number of nitrogens with zero attached hydrogens (tertiary/aromatic N) is 6. The van der Waals surface area contributed by atoms with E-state index in [1.165, 1.54) is 20.4 Å². The number of nitro groups is 1. The van der Waals surface area contributed by atoms with Crippen LogP contribution in [0, 0.1) is 17.0 Å². The molecular formula is C8H7N7O2S2. The van der Waals surface area contributed by atoms with Crippen molar-refractivity contribution in [3.63, 3.8) is 0 Å². The molecule has 0 spiro atoms. The summed E-state index contributed by atoms with van der Waals surface area (Å²) in [5.74, 6) is 6.14. The monoisotopic (exact) mass is 297 g/mol. The van der Waals surface area contributed by atoms with E-state index in [0.717, 1.165) is 11.8 Å². The molecule has 3 aromatic heterocycles. The van der Waals surface area contributed by atoms with Gasteiger partial charge in [0.05, 0.1) is 0 Å². The van der Waals surface area contributed by atoms with Crippen molar-refractivity contribution in [3.05, 3.63) is 27.5 Å². The minimum atomic E-state index is -0.473. The first-order chi connectivity index (χ1) is 9.08. The number of aryl methyl sites for hydroxylation is 1. The van der Waals surface area contributed by atoms with Gasteiger partial charge in [-0.1, -0.05) is 11.3 Å². The second kappa shape index (κ2) is 4.20. The summed E-state index contributed by atoms with van der Waals surface area (Å²) < 4.78 is 2.69. The molecule has 0 aliphatic heterocycles. The summed E-state index contributed by atoms with van der Waals surface area (Å²) in [6, 6.07) is 0. The Labute approximate surface area is 114 Å². The maximum atomic E-state index is 11.1. The molecular weight excluding hydrogens is 290 g/mol. The Hall–Kier alpha value is -2.14. The molecule has 3 aromatic rings. The molecule has 3 rings (SSSR count). The number of aromatic nitrogens is 5. The molecule has 0 saturated heterocycles. The van der Waals surface area contributed by atoms with Gasteiger partial charge in [-0.2, -0.15) is 9.38 Å². The standard InChI is InChI=1S/C8H7N7O2S2/c1-4-11-12-8(14(4)9)19-5-6(15(16)17)13-2-3-18-7(13)10-5/h2-3H,9H2,1H3. The average Bonchev–Trinajstić information content (AvgIpc) is 2.99. The normalized spacial score (nSPS) is 11.2. The Morgan fingerprint density at radius 1 is 1.53 bits per heavy atom. The predicted molar refractivity (Wildman–Crippen MR) is 68.8 cm³/mol. The third kappa shape index (κ3) is 1.82. The van der Waals surface area contributed by atoms with E-state index in [1.54, 1.807) is 18.5 Å². The van der Waals surface area contributed by atoms with Crippen LogP contribution in [0.15, 0.2) is 21.8 Å². The number of nitrogen functional groups attached to an aromatic ring is 1. The van der Waals surface area contributed by atoms with Crippen LogP contribution >= 0.6 is 23.1 Å². The molecule has 0 atom stereocenters. The molecule has 0 unspecified atom stereocenters. The molecule has 0 radical (unpaired) electrons. The van der Waals surface area contributed by atoms with E-state index < -0.39 is 4.92 Å². The summed E-state index contributed by atoms with van der Waals surface area (Å²) in [7, 11) is 0. The Morgan fingerprint density at radius 2 is 2.32 bits per heavy atom. The fourth-order valence-corrected chi connectivity index (χ4v) is 3.14. The van der Waals surface area contributed by atoms with Crippen LogP contribution in [0.5, 0.6) is 0 Å². The van der Waals surface area contributed by atoms with Crippen molar-refractivity contribution in [2.24, 2.45) is 0 Å². The molecule has 0 fully saturated rings. The molecule has 98 valence electrons. The van der Waals surface area contributed by atoms with Crippen molar-refractivity contribution in [1.82, 2.24) is 24.3 Å². The Kier molecular flexibility index (Phi) is 2.64. The van der Waals surface area contributed by atoms with Crippen LogP contribution in [0.2, 0.25) is 0 Å². The average molecular weight is 297 g/mol. The van der Waals surface area contributed by atoms with Crippen molar-refractivity contribution >= 4 is 33.9 Å². The van der Waals surface area contributed by atoms with Gasteiger partial charge in [-0.15, -0.1) is 10.2 Å². The van der Waals surface area contributed by atoms with E-state index >= 15 is 0 Å². The van der Waals surface area contributed by atoms with Crippen LogP contribution in [0.4, 0.5) is 5.82 Å². The summed E-state index contributed by atoms with van der Waals surface area (Å²) in [6.45, 7) is 1.69. The van der Waals surface area contributed by atoms with Crippen LogP contribution < -0.4 is 5.84 Å². The van der Waals surface area contributed by atoms with Crippen molar-refractivity contribution in [2.75, 3.05) is 5.84 Å². The maximum Gasteiger partial charge on any atom is 0.363 e. The lowest BCUT2D eigenvalue weighted by Crippen LogP contribution is -2.11. The van der Waals surface area contributed by atoms with Gasteiger partial charge in [0.1, 0.15) is 12.0 Å². The van der Waals surface area contributed by atoms with E-state index in [4.69, 9.17) is 5.84 Å². The Bertz CT molecular complexity index is 773. The van der Waals surface area contributed by atoms with Gasteiger partial charge >= 0.3 is 5.82 Å². The van der Waals surface area contributed by atoms with Crippen LogP contribution in [-0.4, -0.2) is 29.2 Å². The number of fused-ring (bicyclic) bond motifs is 1. The molecule has 9 nitrogen and oxygen atoms in total. The summed E-state index contributed by atoms with van der Waals surface area (Å²) in [4.78, 5) is 15.4. The minimum Gasteiger partial charge on any atom is -0.358 e. The third-order valence-electron chi connectivity index (χ3n) is 2.40. The number of thiazole rings is 1. The van der Waals surface area contributed by atoms with Crippen molar-refractivity contribution < 1.29 is 4.92 Å². The zero-order valence-electron chi connectivity index (χ0n) is 9.55. The smallest absolute Gasteiger partial charge is 0.358 e. The van der Waals surface area contributed by atoms with Gasteiger partial charge in [0.2, 0.25) is 10.2 Å². The summed E-state index contributed by atoms with van der Waals surface area (Å²) in [5.41, 5.74) is 0. The lowest BCUT2D eigenvalue weighted by molar-refractivity contribution is -0.393. The predicted octanol–water partition coefficient (Wildman–Crippen LogP) is 1.07.